The van der Waals surface area contributed by atoms with Gasteiger partial charge < -0.3 is 9.84 Å². The van der Waals surface area contributed by atoms with Crippen molar-refractivity contribution in [3.05, 3.63) is 29.8 Å². The number of cyclic esters (lactones) is 1. The summed E-state index contributed by atoms with van der Waals surface area (Å²) in [5.41, 5.74) is -0.142. The minimum absolute atomic E-state index is 0.142. The average molecular weight is 285 g/mol. The van der Waals surface area contributed by atoms with Crippen molar-refractivity contribution in [3.63, 3.8) is 0 Å². The largest absolute Gasteiger partial charge is 0.478 e. The number of carboxylic acid groups (broad SMARTS) is 1. The molecule has 102 valence electrons. The zero-order valence-electron chi connectivity index (χ0n) is 9.70. The summed E-state index contributed by atoms with van der Waals surface area (Å²) in [6, 6.07) is 3.98. The second-order valence-corrected chi connectivity index (χ2v) is 5.68. The first-order valence-electron chi connectivity index (χ1n) is 5.42. The summed E-state index contributed by atoms with van der Waals surface area (Å²) in [6.45, 7) is 0.168. The zero-order chi connectivity index (χ0) is 14.0. The third-order valence-electron chi connectivity index (χ3n) is 2.62. The Kier molecular flexibility index (Phi) is 3.54. The summed E-state index contributed by atoms with van der Waals surface area (Å²) in [4.78, 5) is 21.8. The van der Waals surface area contributed by atoms with Crippen LogP contribution >= 0.6 is 0 Å². The van der Waals surface area contributed by atoms with Gasteiger partial charge in [-0.15, -0.1) is 0 Å². The molecule has 0 aromatic heterocycles. The molecule has 0 saturated carbocycles. The molecule has 1 fully saturated rings. The average Bonchev–Trinajstić information content (AvgIpc) is 2.74. The van der Waals surface area contributed by atoms with E-state index in [1.54, 1.807) is 0 Å². The van der Waals surface area contributed by atoms with Crippen molar-refractivity contribution < 1.29 is 27.9 Å². The van der Waals surface area contributed by atoms with Gasteiger partial charge in [-0.3, -0.25) is 4.79 Å². The molecule has 7 nitrogen and oxygen atoms in total. The Bertz CT molecular complexity index is 624. The number of carboxylic acids is 1. The van der Waals surface area contributed by atoms with Gasteiger partial charge in [0.2, 0.25) is 10.0 Å². The van der Waals surface area contributed by atoms with Crippen LogP contribution in [0.25, 0.3) is 0 Å². The molecule has 1 aliphatic heterocycles. The SMILES string of the molecule is O=C(O)c1cccc(S(=O)(=O)NC2CCOC2=O)c1. The lowest BCUT2D eigenvalue weighted by atomic mass is 10.2. The molecule has 0 amide bonds. The lowest BCUT2D eigenvalue weighted by Crippen LogP contribution is -2.37. The summed E-state index contributed by atoms with van der Waals surface area (Å²) in [6.07, 6.45) is 0.261. The molecule has 8 heteroatoms. The molecule has 2 rings (SSSR count). The number of benzene rings is 1. The van der Waals surface area contributed by atoms with Crippen molar-refractivity contribution in [3.8, 4) is 0 Å². The van der Waals surface area contributed by atoms with Gasteiger partial charge in [0, 0.05) is 6.42 Å². The minimum atomic E-state index is -3.95. The Morgan fingerprint density at radius 3 is 2.74 bits per heavy atom. The number of aromatic carboxylic acids is 1. The molecule has 0 bridgehead atoms. The molecule has 1 aromatic carbocycles. The fourth-order valence-electron chi connectivity index (χ4n) is 1.65. The van der Waals surface area contributed by atoms with Gasteiger partial charge in [0.1, 0.15) is 6.04 Å². The molecule has 1 unspecified atom stereocenters. The number of carbonyl (C=O) groups is 2. The summed E-state index contributed by atoms with van der Waals surface area (Å²) in [5.74, 6) is -1.85. The fourth-order valence-corrected chi connectivity index (χ4v) is 2.92. The van der Waals surface area contributed by atoms with E-state index >= 15 is 0 Å². The fraction of sp³-hybridized carbons (Fsp3) is 0.273. The normalized spacial score (nSPS) is 19.2. The van der Waals surface area contributed by atoms with Crippen molar-refractivity contribution >= 4 is 22.0 Å². The van der Waals surface area contributed by atoms with E-state index in [4.69, 9.17) is 5.11 Å². The van der Waals surface area contributed by atoms with Crippen LogP contribution in [0.2, 0.25) is 0 Å². The van der Waals surface area contributed by atoms with Crippen molar-refractivity contribution in [2.45, 2.75) is 17.4 Å². The van der Waals surface area contributed by atoms with Crippen LogP contribution < -0.4 is 4.72 Å². The first kappa shape index (κ1) is 13.5. The lowest BCUT2D eigenvalue weighted by molar-refractivity contribution is -0.139. The van der Waals surface area contributed by atoms with E-state index in [0.717, 1.165) is 6.07 Å². The number of hydrogen-bond donors (Lipinski definition) is 2. The third-order valence-corrected chi connectivity index (χ3v) is 4.09. The molecule has 1 heterocycles. The van der Waals surface area contributed by atoms with Crippen LogP contribution in [0.1, 0.15) is 16.8 Å². The molecule has 1 saturated heterocycles. The molecule has 19 heavy (non-hydrogen) atoms. The Morgan fingerprint density at radius 2 is 2.16 bits per heavy atom. The smallest absolute Gasteiger partial charge is 0.335 e. The lowest BCUT2D eigenvalue weighted by Gasteiger charge is -2.10. The van der Waals surface area contributed by atoms with E-state index in [-0.39, 0.29) is 23.5 Å². The van der Waals surface area contributed by atoms with Gasteiger partial charge in [-0.1, -0.05) is 6.07 Å². The second kappa shape index (κ2) is 4.98. The van der Waals surface area contributed by atoms with Gasteiger partial charge in [0.15, 0.2) is 0 Å². The van der Waals surface area contributed by atoms with Gasteiger partial charge in [-0.2, -0.15) is 4.72 Å². The quantitative estimate of drug-likeness (QED) is 0.752. The summed E-state index contributed by atoms with van der Waals surface area (Å²) in [7, 11) is -3.95. The van der Waals surface area contributed by atoms with E-state index in [2.05, 4.69) is 9.46 Å². The third kappa shape index (κ3) is 2.91. The van der Waals surface area contributed by atoms with Gasteiger partial charge in [-0.05, 0) is 18.2 Å². The van der Waals surface area contributed by atoms with E-state index < -0.39 is 28.0 Å². The molecule has 0 spiro atoms. The van der Waals surface area contributed by atoms with Gasteiger partial charge in [0.05, 0.1) is 17.1 Å². The highest BCUT2D eigenvalue weighted by Crippen LogP contribution is 2.15. The number of nitrogens with one attached hydrogen (secondary N) is 1. The van der Waals surface area contributed by atoms with Crippen LogP contribution in [0.3, 0.4) is 0 Å². The first-order valence-corrected chi connectivity index (χ1v) is 6.91. The number of ether oxygens (including phenoxy) is 1. The predicted molar refractivity (Wildman–Crippen MR) is 63.1 cm³/mol. The highest BCUT2D eigenvalue weighted by atomic mass is 32.2. The molecule has 2 N–H and O–H groups in total. The molecule has 1 aromatic rings. The Labute approximate surface area is 109 Å². The predicted octanol–water partition coefficient (Wildman–Crippen LogP) is -0.0214. The highest BCUT2D eigenvalue weighted by molar-refractivity contribution is 7.89. The molecule has 1 aliphatic rings. The minimum Gasteiger partial charge on any atom is -0.478 e. The van der Waals surface area contributed by atoms with Crippen LogP contribution in [0.5, 0.6) is 0 Å². The van der Waals surface area contributed by atoms with Crippen molar-refractivity contribution in [1.29, 1.82) is 0 Å². The number of rotatable bonds is 4. The molecular formula is C11H11NO6S. The van der Waals surface area contributed by atoms with E-state index in [0.29, 0.717) is 0 Å². The van der Waals surface area contributed by atoms with Crippen molar-refractivity contribution in [2.75, 3.05) is 6.61 Å². The second-order valence-electron chi connectivity index (χ2n) is 3.96. The number of sulfonamides is 1. The number of carbonyl (C=O) groups excluding carboxylic acids is 1. The first-order chi connectivity index (χ1) is 8.90. The van der Waals surface area contributed by atoms with Gasteiger partial charge in [0.25, 0.3) is 0 Å². The standard InChI is InChI=1S/C11H11NO6S/c13-10(14)7-2-1-3-8(6-7)19(16,17)12-9-4-5-18-11(9)15/h1-3,6,9,12H,4-5H2,(H,13,14). The van der Waals surface area contributed by atoms with Gasteiger partial charge >= 0.3 is 11.9 Å². The van der Waals surface area contributed by atoms with Crippen LogP contribution in [0, 0.1) is 0 Å². The Morgan fingerprint density at radius 1 is 1.42 bits per heavy atom. The highest BCUT2D eigenvalue weighted by Gasteiger charge is 2.31. The molecule has 0 radical (unpaired) electrons. The Balaban J connectivity index is 2.26. The number of hydrogen-bond acceptors (Lipinski definition) is 5. The summed E-state index contributed by atoms with van der Waals surface area (Å²) >= 11 is 0. The van der Waals surface area contributed by atoms with Crippen LogP contribution in [0.4, 0.5) is 0 Å². The molecular weight excluding hydrogens is 274 g/mol. The van der Waals surface area contributed by atoms with Crippen molar-refractivity contribution in [1.82, 2.24) is 4.72 Å². The molecule has 1 atom stereocenters. The van der Waals surface area contributed by atoms with Crippen LogP contribution in [0.15, 0.2) is 29.2 Å². The maximum atomic E-state index is 12.0. The molecule has 0 aliphatic carbocycles. The van der Waals surface area contributed by atoms with Crippen LogP contribution in [-0.2, 0) is 19.6 Å². The monoisotopic (exact) mass is 285 g/mol. The summed E-state index contributed by atoms with van der Waals surface area (Å²) < 4.78 is 30.8. The maximum Gasteiger partial charge on any atom is 0.335 e. The zero-order valence-corrected chi connectivity index (χ0v) is 10.5. The van der Waals surface area contributed by atoms with E-state index in [9.17, 15) is 18.0 Å². The Hall–Kier alpha value is -1.93. The van der Waals surface area contributed by atoms with Crippen LogP contribution in [-0.4, -0.2) is 38.1 Å². The van der Waals surface area contributed by atoms with Crippen molar-refractivity contribution in [2.24, 2.45) is 0 Å². The summed E-state index contributed by atoms with van der Waals surface area (Å²) in [5, 5.41) is 8.81. The van der Waals surface area contributed by atoms with E-state index in [1.807, 2.05) is 0 Å². The number of esters is 1. The van der Waals surface area contributed by atoms with E-state index in [1.165, 1.54) is 18.2 Å². The maximum absolute atomic E-state index is 12.0. The topological polar surface area (TPSA) is 110 Å². The van der Waals surface area contributed by atoms with Gasteiger partial charge in [-0.25, -0.2) is 13.2 Å².